The van der Waals surface area contributed by atoms with E-state index < -0.39 is 0 Å². The van der Waals surface area contributed by atoms with Crippen molar-refractivity contribution in [1.29, 1.82) is 0 Å². The van der Waals surface area contributed by atoms with Crippen molar-refractivity contribution in [2.45, 2.75) is 12.8 Å². The van der Waals surface area contributed by atoms with E-state index in [1.54, 1.807) is 20.3 Å². The molecule has 0 aromatic heterocycles. The van der Waals surface area contributed by atoms with Crippen LogP contribution < -0.4 is 9.47 Å². The third kappa shape index (κ3) is 2.52. The van der Waals surface area contributed by atoms with Gasteiger partial charge in [0.15, 0.2) is 0 Å². The quantitative estimate of drug-likeness (QED) is 0.793. The number of methoxy groups -OCH3 is 2. The first-order valence-electron chi connectivity index (χ1n) is 5.73. The van der Waals surface area contributed by atoms with Gasteiger partial charge in [-0.05, 0) is 12.5 Å². The zero-order chi connectivity index (χ0) is 12.3. The summed E-state index contributed by atoms with van der Waals surface area (Å²) in [4.78, 5) is 13.7. The van der Waals surface area contributed by atoms with Gasteiger partial charge >= 0.3 is 0 Å². The smallest absolute Gasteiger partial charge is 0.227 e. The Morgan fingerprint density at radius 2 is 2.06 bits per heavy atom. The van der Waals surface area contributed by atoms with Gasteiger partial charge in [-0.3, -0.25) is 4.79 Å². The number of amides is 1. The fourth-order valence-electron chi connectivity index (χ4n) is 1.84. The van der Waals surface area contributed by atoms with Crippen LogP contribution in [-0.4, -0.2) is 38.1 Å². The summed E-state index contributed by atoms with van der Waals surface area (Å²) in [5.41, 5.74) is 0.908. The van der Waals surface area contributed by atoms with E-state index in [9.17, 15) is 4.79 Å². The lowest BCUT2D eigenvalue weighted by Crippen LogP contribution is -2.42. The van der Waals surface area contributed by atoms with Crippen molar-refractivity contribution in [3.63, 3.8) is 0 Å². The van der Waals surface area contributed by atoms with Crippen molar-refractivity contribution < 1.29 is 14.3 Å². The van der Waals surface area contributed by atoms with Gasteiger partial charge in [0.1, 0.15) is 11.5 Å². The largest absolute Gasteiger partial charge is 0.497 e. The van der Waals surface area contributed by atoms with Crippen molar-refractivity contribution in [2.75, 3.05) is 27.3 Å². The van der Waals surface area contributed by atoms with Gasteiger partial charge in [-0.2, -0.15) is 0 Å². The average molecular weight is 235 g/mol. The first-order valence-corrected chi connectivity index (χ1v) is 5.73. The molecule has 0 spiro atoms. The lowest BCUT2D eigenvalue weighted by molar-refractivity contribution is -0.133. The molecule has 0 saturated carbocycles. The maximum absolute atomic E-state index is 11.9. The van der Waals surface area contributed by atoms with Crippen LogP contribution in [0, 0.1) is 0 Å². The summed E-state index contributed by atoms with van der Waals surface area (Å²) in [6.45, 7) is 1.77. The zero-order valence-electron chi connectivity index (χ0n) is 10.2. The van der Waals surface area contributed by atoms with Gasteiger partial charge in [-0.1, -0.05) is 6.07 Å². The van der Waals surface area contributed by atoms with Crippen LogP contribution in [0.2, 0.25) is 0 Å². The number of likely N-dealkylation sites (tertiary alicyclic amines) is 1. The first-order chi connectivity index (χ1) is 8.24. The van der Waals surface area contributed by atoms with Crippen molar-refractivity contribution in [3.05, 3.63) is 23.8 Å². The Bertz CT molecular complexity index is 413. The number of ether oxygens (including phenoxy) is 2. The Morgan fingerprint density at radius 1 is 1.29 bits per heavy atom. The van der Waals surface area contributed by atoms with Gasteiger partial charge in [0.2, 0.25) is 5.91 Å². The lowest BCUT2D eigenvalue weighted by atomic mass is 10.1. The highest BCUT2D eigenvalue weighted by Gasteiger charge is 2.21. The molecule has 4 nitrogen and oxygen atoms in total. The van der Waals surface area contributed by atoms with Gasteiger partial charge in [-0.25, -0.2) is 0 Å². The molecule has 1 aliphatic heterocycles. The van der Waals surface area contributed by atoms with E-state index in [-0.39, 0.29) is 5.91 Å². The molecule has 1 aliphatic rings. The SMILES string of the molecule is COc1ccc(CC(=O)N2CCC2)c(OC)c1. The van der Waals surface area contributed by atoms with Crippen molar-refractivity contribution in [1.82, 2.24) is 4.90 Å². The predicted octanol–water partition coefficient (Wildman–Crippen LogP) is 1.48. The number of hydrogen-bond acceptors (Lipinski definition) is 3. The van der Waals surface area contributed by atoms with Crippen LogP contribution in [0.25, 0.3) is 0 Å². The standard InChI is InChI=1S/C13H17NO3/c1-16-11-5-4-10(12(9-11)17-2)8-13(15)14-6-3-7-14/h4-5,9H,3,6-8H2,1-2H3. The molecule has 2 rings (SSSR count). The molecule has 0 atom stereocenters. The molecule has 0 bridgehead atoms. The van der Waals surface area contributed by atoms with Crippen molar-refractivity contribution in [2.24, 2.45) is 0 Å². The normalized spacial score (nSPS) is 14.1. The summed E-state index contributed by atoms with van der Waals surface area (Å²) in [6.07, 6.45) is 1.51. The van der Waals surface area contributed by atoms with E-state index in [2.05, 4.69) is 0 Å². The minimum absolute atomic E-state index is 0.166. The Kier molecular flexibility index (Phi) is 3.52. The van der Waals surface area contributed by atoms with Crippen LogP contribution in [0.4, 0.5) is 0 Å². The minimum atomic E-state index is 0.166. The van der Waals surface area contributed by atoms with Crippen LogP contribution in [-0.2, 0) is 11.2 Å². The molecule has 1 heterocycles. The third-order valence-corrected chi connectivity index (χ3v) is 3.04. The van der Waals surface area contributed by atoms with Crippen molar-refractivity contribution in [3.8, 4) is 11.5 Å². The van der Waals surface area contributed by atoms with E-state index in [0.717, 1.165) is 30.8 Å². The topological polar surface area (TPSA) is 38.8 Å². The highest BCUT2D eigenvalue weighted by molar-refractivity contribution is 5.80. The van der Waals surface area contributed by atoms with E-state index in [0.29, 0.717) is 12.2 Å². The van der Waals surface area contributed by atoms with Crippen LogP contribution in [0.15, 0.2) is 18.2 Å². The summed E-state index contributed by atoms with van der Waals surface area (Å²) in [7, 11) is 3.21. The number of benzene rings is 1. The average Bonchev–Trinajstić information content (AvgIpc) is 2.27. The van der Waals surface area contributed by atoms with Crippen LogP contribution in [0.5, 0.6) is 11.5 Å². The third-order valence-electron chi connectivity index (χ3n) is 3.04. The summed E-state index contributed by atoms with van der Waals surface area (Å²) in [5.74, 6) is 1.61. The van der Waals surface area contributed by atoms with E-state index in [1.807, 2.05) is 17.0 Å². The summed E-state index contributed by atoms with van der Waals surface area (Å²) < 4.78 is 10.4. The van der Waals surface area contributed by atoms with Gasteiger partial charge in [0, 0.05) is 24.7 Å². The molecular formula is C13H17NO3. The van der Waals surface area contributed by atoms with Gasteiger partial charge < -0.3 is 14.4 Å². The second kappa shape index (κ2) is 5.08. The van der Waals surface area contributed by atoms with Gasteiger partial charge in [0.05, 0.1) is 20.6 Å². The van der Waals surface area contributed by atoms with Crippen molar-refractivity contribution >= 4 is 5.91 Å². The predicted molar refractivity (Wildman–Crippen MR) is 64.4 cm³/mol. The molecule has 4 heteroatoms. The number of carbonyl (C=O) groups excluding carboxylic acids is 1. The Labute approximate surface area is 101 Å². The number of nitrogens with zero attached hydrogens (tertiary/aromatic N) is 1. The van der Waals surface area contributed by atoms with Gasteiger partial charge in [-0.15, -0.1) is 0 Å². The monoisotopic (exact) mass is 235 g/mol. The van der Waals surface area contributed by atoms with E-state index >= 15 is 0 Å². The van der Waals surface area contributed by atoms with Gasteiger partial charge in [0.25, 0.3) is 0 Å². The number of hydrogen-bond donors (Lipinski definition) is 0. The molecule has 0 unspecified atom stereocenters. The Hall–Kier alpha value is -1.71. The zero-order valence-corrected chi connectivity index (χ0v) is 10.2. The summed E-state index contributed by atoms with van der Waals surface area (Å²) in [5, 5.41) is 0. The maximum atomic E-state index is 11.9. The lowest BCUT2D eigenvalue weighted by Gasteiger charge is -2.31. The minimum Gasteiger partial charge on any atom is -0.497 e. The first kappa shape index (κ1) is 11.8. The van der Waals surface area contributed by atoms with Crippen LogP contribution >= 0.6 is 0 Å². The molecule has 1 saturated heterocycles. The molecule has 92 valence electrons. The molecule has 0 radical (unpaired) electrons. The highest BCUT2D eigenvalue weighted by atomic mass is 16.5. The fourth-order valence-corrected chi connectivity index (χ4v) is 1.84. The van der Waals surface area contributed by atoms with E-state index in [4.69, 9.17) is 9.47 Å². The van der Waals surface area contributed by atoms with Crippen LogP contribution in [0.1, 0.15) is 12.0 Å². The second-order valence-corrected chi connectivity index (χ2v) is 4.09. The molecule has 0 N–H and O–H groups in total. The number of carbonyl (C=O) groups is 1. The summed E-state index contributed by atoms with van der Waals surface area (Å²) >= 11 is 0. The highest BCUT2D eigenvalue weighted by Crippen LogP contribution is 2.25. The Balaban J connectivity index is 2.11. The number of rotatable bonds is 4. The Morgan fingerprint density at radius 3 is 2.59 bits per heavy atom. The molecule has 17 heavy (non-hydrogen) atoms. The molecule has 1 fully saturated rings. The second-order valence-electron chi connectivity index (χ2n) is 4.09. The molecule has 0 aliphatic carbocycles. The molecule has 1 amide bonds. The fraction of sp³-hybridized carbons (Fsp3) is 0.462. The van der Waals surface area contributed by atoms with E-state index in [1.165, 1.54) is 0 Å². The molecule has 1 aromatic carbocycles. The maximum Gasteiger partial charge on any atom is 0.227 e. The molecule has 1 aromatic rings. The molecular weight excluding hydrogens is 218 g/mol. The summed E-state index contributed by atoms with van der Waals surface area (Å²) in [6, 6.07) is 5.54. The van der Waals surface area contributed by atoms with Crippen LogP contribution in [0.3, 0.4) is 0 Å².